The Hall–Kier alpha value is -1.69. The third-order valence-corrected chi connectivity index (χ3v) is 3.11. The highest BCUT2D eigenvalue weighted by atomic mass is 16.5. The molecular weight excluding hydrogens is 242 g/mol. The van der Waals surface area contributed by atoms with Crippen molar-refractivity contribution in [2.24, 2.45) is 0 Å². The number of aromatic nitrogens is 4. The third kappa shape index (κ3) is 3.20. The van der Waals surface area contributed by atoms with Crippen LogP contribution >= 0.6 is 0 Å². The first kappa shape index (κ1) is 12.3. The highest BCUT2D eigenvalue weighted by Crippen LogP contribution is 2.38. The summed E-state index contributed by atoms with van der Waals surface area (Å²) in [6, 6.07) is 0.462. The van der Waals surface area contributed by atoms with E-state index in [9.17, 15) is 0 Å². The Morgan fingerprint density at radius 1 is 1.47 bits per heavy atom. The molecule has 2 heterocycles. The number of hydrogen-bond donors (Lipinski definition) is 1. The molecule has 3 rings (SSSR count). The molecule has 0 radical (unpaired) electrons. The first-order valence-electron chi connectivity index (χ1n) is 6.77. The summed E-state index contributed by atoms with van der Waals surface area (Å²) in [5.41, 5.74) is 1.03. The van der Waals surface area contributed by atoms with Gasteiger partial charge in [0.1, 0.15) is 0 Å². The van der Waals surface area contributed by atoms with Gasteiger partial charge in [-0.05, 0) is 12.8 Å². The van der Waals surface area contributed by atoms with Crippen LogP contribution in [0.3, 0.4) is 0 Å². The maximum atomic E-state index is 5.24. The lowest BCUT2D eigenvalue weighted by Crippen LogP contribution is -2.21. The van der Waals surface area contributed by atoms with Gasteiger partial charge in [-0.2, -0.15) is 4.98 Å². The Labute approximate surface area is 112 Å². The van der Waals surface area contributed by atoms with Crippen LogP contribution in [0.15, 0.2) is 17.0 Å². The van der Waals surface area contributed by atoms with E-state index < -0.39 is 0 Å². The number of hydrogen-bond acceptors (Lipinski definition) is 5. The molecule has 0 aromatic carbocycles. The van der Waals surface area contributed by atoms with Gasteiger partial charge in [0, 0.05) is 24.7 Å². The van der Waals surface area contributed by atoms with Gasteiger partial charge in [-0.25, -0.2) is 4.98 Å². The molecule has 1 fully saturated rings. The summed E-state index contributed by atoms with van der Waals surface area (Å²) < 4.78 is 7.22. The van der Waals surface area contributed by atoms with Gasteiger partial charge >= 0.3 is 0 Å². The van der Waals surface area contributed by atoms with Crippen molar-refractivity contribution in [3.05, 3.63) is 29.9 Å². The lowest BCUT2D eigenvalue weighted by Gasteiger charge is -2.04. The SMILES string of the molecule is CC(C)NCc1cn(Cc2noc(C3CC3)n2)cn1. The van der Waals surface area contributed by atoms with Crippen LogP contribution in [0, 0.1) is 0 Å². The molecule has 6 heteroatoms. The van der Waals surface area contributed by atoms with Crippen molar-refractivity contribution in [3.8, 4) is 0 Å². The van der Waals surface area contributed by atoms with E-state index in [4.69, 9.17) is 4.52 Å². The van der Waals surface area contributed by atoms with E-state index in [-0.39, 0.29) is 0 Å². The van der Waals surface area contributed by atoms with Gasteiger partial charge in [-0.15, -0.1) is 0 Å². The minimum atomic E-state index is 0.462. The smallest absolute Gasteiger partial charge is 0.229 e. The third-order valence-electron chi connectivity index (χ3n) is 3.11. The molecule has 0 atom stereocenters. The van der Waals surface area contributed by atoms with E-state index >= 15 is 0 Å². The largest absolute Gasteiger partial charge is 0.339 e. The fraction of sp³-hybridized carbons (Fsp3) is 0.615. The Balaban J connectivity index is 1.59. The van der Waals surface area contributed by atoms with Gasteiger partial charge in [0.05, 0.1) is 18.6 Å². The highest BCUT2D eigenvalue weighted by Gasteiger charge is 2.29. The molecule has 0 unspecified atom stereocenters. The highest BCUT2D eigenvalue weighted by molar-refractivity contribution is 5.03. The lowest BCUT2D eigenvalue weighted by molar-refractivity contribution is 0.373. The molecule has 0 bridgehead atoms. The molecule has 6 nitrogen and oxygen atoms in total. The maximum Gasteiger partial charge on any atom is 0.229 e. The second kappa shape index (κ2) is 5.13. The van der Waals surface area contributed by atoms with E-state index in [1.54, 1.807) is 0 Å². The van der Waals surface area contributed by atoms with Gasteiger partial charge in [0.2, 0.25) is 5.89 Å². The zero-order valence-electron chi connectivity index (χ0n) is 11.3. The van der Waals surface area contributed by atoms with Crippen molar-refractivity contribution in [3.63, 3.8) is 0 Å². The van der Waals surface area contributed by atoms with Crippen LogP contribution in [0.25, 0.3) is 0 Å². The van der Waals surface area contributed by atoms with E-state index in [1.807, 2.05) is 17.1 Å². The molecule has 0 saturated heterocycles. The predicted molar refractivity (Wildman–Crippen MR) is 69.6 cm³/mol. The van der Waals surface area contributed by atoms with Crippen molar-refractivity contribution in [2.75, 3.05) is 0 Å². The molecule has 2 aromatic rings. The summed E-state index contributed by atoms with van der Waals surface area (Å²) in [7, 11) is 0. The number of nitrogens with zero attached hydrogens (tertiary/aromatic N) is 4. The summed E-state index contributed by atoms with van der Waals surface area (Å²) in [6.07, 6.45) is 6.18. The fourth-order valence-electron chi connectivity index (χ4n) is 1.88. The van der Waals surface area contributed by atoms with Gasteiger partial charge in [0.25, 0.3) is 0 Å². The second-order valence-electron chi connectivity index (χ2n) is 5.40. The summed E-state index contributed by atoms with van der Waals surface area (Å²) in [6.45, 7) is 5.64. The van der Waals surface area contributed by atoms with Gasteiger partial charge in [-0.1, -0.05) is 19.0 Å². The normalized spacial score (nSPS) is 15.3. The Kier molecular flexibility index (Phi) is 3.33. The van der Waals surface area contributed by atoms with Gasteiger partial charge < -0.3 is 14.4 Å². The first-order valence-corrected chi connectivity index (χ1v) is 6.77. The quantitative estimate of drug-likeness (QED) is 0.857. The zero-order chi connectivity index (χ0) is 13.2. The monoisotopic (exact) mass is 261 g/mol. The molecule has 1 N–H and O–H groups in total. The van der Waals surface area contributed by atoms with Crippen LogP contribution in [-0.4, -0.2) is 25.7 Å². The standard InChI is InChI=1S/C13H19N5O/c1-9(2)14-5-11-6-18(8-15-11)7-12-16-13(19-17-12)10-3-4-10/h6,8-10,14H,3-5,7H2,1-2H3. The Bertz CT molecular complexity index is 541. The molecule has 0 spiro atoms. The van der Waals surface area contributed by atoms with Crippen molar-refractivity contribution in [1.82, 2.24) is 25.0 Å². The van der Waals surface area contributed by atoms with Crippen LogP contribution in [0.1, 0.15) is 50.0 Å². The molecule has 1 saturated carbocycles. The molecule has 2 aromatic heterocycles. The van der Waals surface area contributed by atoms with Crippen LogP contribution in [0.4, 0.5) is 0 Å². The summed E-state index contributed by atoms with van der Waals surface area (Å²) in [4.78, 5) is 8.76. The van der Waals surface area contributed by atoms with E-state index in [2.05, 4.69) is 34.3 Å². The molecule has 0 amide bonds. The molecule has 0 aliphatic heterocycles. The predicted octanol–water partition coefficient (Wildman–Crippen LogP) is 1.69. The van der Waals surface area contributed by atoms with Crippen LogP contribution < -0.4 is 5.32 Å². The van der Waals surface area contributed by atoms with Crippen molar-refractivity contribution in [2.45, 2.75) is 51.7 Å². The Morgan fingerprint density at radius 3 is 3.05 bits per heavy atom. The van der Waals surface area contributed by atoms with E-state index in [0.717, 1.165) is 24.0 Å². The van der Waals surface area contributed by atoms with Crippen LogP contribution in [0.5, 0.6) is 0 Å². The second-order valence-corrected chi connectivity index (χ2v) is 5.40. The molecule has 19 heavy (non-hydrogen) atoms. The molecule has 1 aliphatic carbocycles. The molecule has 102 valence electrons. The van der Waals surface area contributed by atoms with E-state index in [0.29, 0.717) is 18.5 Å². The summed E-state index contributed by atoms with van der Waals surface area (Å²) in [5, 5.41) is 7.35. The van der Waals surface area contributed by atoms with Gasteiger partial charge in [0.15, 0.2) is 5.82 Å². The minimum Gasteiger partial charge on any atom is -0.339 e. The average molecular weight is 261 g/mol. The van der Waals surface area contributed by atoms with E-state index in [1.165, 1.54) is 12.8 Å². The lowest BCUT2D eigenvalue weighted by atomic mass is 10.3. The average Bonchev–Trinajstić information content (AvgIpc) is 2.96. The van der Waals surface area contributed by atoms with Crippen molar-refractivity contribution in [1.29, 1.82) is 0 Å². The fourth-order valence-corrected chi connectivity index (χ4v) is 1.88. The summed E-state index contributed by atoms with van der Waals surface area (Å²) in [5.74, 6) is 2.02. The van der Waals surface area contributed by atoms with Crippen molar-refractivity contribution >= 4 is 0 Å². The molecular formula is C13H19N5O. The van der Waals surface area contributed by atoms with Gasteiger partial charge in [-0.3, -0.25) is 0 Å². The Morgan fingerprint density at radius 2 is 2.32 bits per heavy atom. The minimum absolute atomic E-state index is 0.462. The number of nitrogens with one attached hydrogen (secondary N) is 1. The first-order chi connectivity index (χ1) is 9.20. The topological polar surface area (TPSA) is 68.8 Å². The maximum absolute atomic E-state index is 5.24. The number of rotatable bonds is 6. The summed E-state index contributed by atoms with van der Waals surface area (Å²) >= 11 is 0. The molecule has 1 aliphatic rings. The zero-order valence-corrected chi connectivity index (χ0v) is 11.3. The van der Waals surface area contributed by atoms with Crippen molar-refractivity contribution < 1.29 is 4.52 Å². The van der Waals surface area contributed by atoms with Crippen LogP contribution in [-0.2, 0) is 13.1 Å². The van der Waals surface area contributed by atoms with Crippen LogP contribution in [0.2, 0.25) is 0 Å². The number of imidazole rings is 1.